The molecule has 3 nitrogen and oxygen atoms in total. The number of ether oxygens (including phenoxy) is 1. The van der Waals surface area contributed by atoms with Crippen molar-refractivity contribution in [2.24, 2.45) is 0 Å². The Morgan fingerprint density at radius 1 is 1.20 bits per heavy atom. The minimum atomic E-state index is 0.214. The standard InChI is InChI=1S/C16H16BrNO2/c1-12(19)2-3-13-4-8-16(9-5-13)20-11-15-7-6-14(17)10-18-15/h4-10H,2-3,11H2,1H3. The Morgan fingerprint density at radius 2 is 1.95 bits per heavy atom. The van der Waals surface area contributed by atoms with Crippen molar-refractivity contribution in [1.82, 2.24) is 4.98 Å². The predicted molar refractivity (Wildman–Crippen MR) is 81.7 cm³/mol. The van der Waals surface area contributed by atoms with Crippen LogP contribution in [0, 0.1) is 0 Å². The van der Waals surface area contributed by atoms with Gasteiger partial charge in [0.2, 0.25) is 0 Å². The number of pyridine rings is 1. The highest BCUT2D eigenvalue weighted by molar-refractivity contribution is 9.10. The van der Waals surface area contributed by atoms with Crippen molar-refractivity contribution in [3.63, 3.8) is 0 Å². The van der Waals surface area contributed by atoms with Gasteiger partial charge in [-0.2, -0.15) is 0 Å². The van der Waals surface area contributed by atoms with Crippen molar-refractivity contribution >= 4 is 21.7 Å². The highest BCUT2D eigenvalue weighted by atomic mass is 79.9. The average Bonchev–Trinajstić information content (AvgIpc) is 2.45. The van der Waals surface area contributed by atoms with Crippen LogP contribution >= 0.6 is 15.9 Å². The number of halogens is 1. The Bertz CT molecular complexity index is 564. The fourth-order valence-corrected chi connectivity index (χ4v) is 1.96. The maximum absolute atomic E-state index is 10.9. The minimum Gasteiger partial charge on any atom is -0.487 e. The van der Waals surface area contributed by atoms with Crippen LogP contribution in [0.15, 0.2) is 47.1 Å². The van der Waals surface area contributed by atoms with Crippen molar-refractivity contribution in [3.8, 4) is 5.75 Å². The molecule has 1 heterocycles. The van der Waals surface area contributed by atoms with Crippen LogP contribution in [0.3, 0.4) is 0 Å². The molecule has 0 fully saturated rings. The summed E-state index contributed by atoms with van der Waals surface area (Å²) in [5.41, 5.74) is 2.03. The van der Waals surface area contributed by atoms with Crippen molar-refractivity contribution < 1.29 is 9.53 Å². The normalized spacial score (nSPS) is 10.3. The van der Waals surface area contributed by atoms with Gasteiger partial charge >= 0.3 is 0 Å². The molecular formula is C16H16BrNO2. The van der Waals surface area contributed by atoms with E-state index < -0.39 is 0 Å². The molecule has 1 aromatic carbocycles. The van der Waals surface area contributed by atoms with Gasteiger partial charge in [-0.25, -0.2) is 0 Å². The zero-order valence-electron chi connectivity index (χ0n) is 11.3. The summed E-state index contributed by atoms with van der Waals surface area (Å²) in [6, 6.07) is 11.7. The van der Waals surface area contributed by atoms with Gasteiger partial charge in [-0.1, -0.05) is 12.1 Å². The van der Waals surface area contributed by atoms with Gasteiger partial charge in [0.05, 0.1) is 5.69 Å². The zero-order valence-corrected chi connectivity index (χ0v) is 12.9. The number of aryl methyl sites for hydroxylation is 1. The molecule has 2 rings (SSSR count). The molecule has 2 aromatic rings. The average molecular weight is 334 g/mol. The minimum absolute atomic E-state index is 0.214. The van der Waals surface area contributed by atoms with E-state index in [0.717, 1.165) is 27.9 Å². The number of rotatable bonds is 6. The lowest BCUT2D eigenvalue weighted by molar-refractivity contribution is -0.116. The molecule has 20 heavy (non-hydrogen) atoms. The van der Waals surface area contributed by atoms with Crippen LogP contribution in [-0.4, -0.2) is 10.8 Å². The van der Waals surface area contributed by atoms with E-state index in [1.807, 2.05) is 36.4 Å². The highest BCUT2D eigenvalue weighted by Gasteiger charge is 2.00. The molecule has 0 radical (unpaired) electrons. The van der Waals surface area contributed by atoms with Crippen LogP contribution in [0.5, 0.6) is 5.75 Å². The first-order valence-corrected chi connectivity index (χ1v) is 7.24. The van der Waals surface area contributed by atoms with Crippen LogP contribution < -0.4 is 4.74 Å². The van der Waals surface area contributed by atoms with E-state index >= 15 is 0 Å². The highest BCUT2D eigenvalue weighted by Crippen LogP contribution is 2.15. The van der Waals surface area contributed by atoms with Gasteiger partial charge in [0.1, 0.15) is 18.1 Å². The molecule has 0 saturated carbocycles. The van der Waals surface area contributed by atoms with E-state index in [4.69, 9.17) is 4.74 Å². The molecule has 0 atom stereocenters. The number of hydrogen-bond donors (Lipinski definition) is 0. The third-order valence-corrected chi connectivity index (χ3v) is 3.33. The number of benzene rings is 1. The van der Waals surface area contributed by atoms with Crippen LogP contribution in [0.2, 0.25) is 0 Å². The molecular weight excluding hydrogens is 318 g/mol. The summed E-state index contributed by atoms with van der Waals surface area (Å²) in [6.07, 6.45) is 3.12. The summed E-state index contributed by atoms with van der Waals surface area (Å²) in [4.78, 5) is 15.2. The topological polar surface area (TPSA) is 39.2 Å². The monoisotopic (exact) mass is 333 g/mol. The van der Waals surface area contributed by atoms with E-state index in [9.17, 15) is 4.79 Å². The van der Waals surface area contributed by atoms with E-state index in [-0.39, 0.29) is 5.78 Å². The first kappa shape index (κ1) is 14.7. The SMILES string of the molecule is CC(=O)CCc1ccc(OCc2ccc(Br)cn2)cc1. The number of nitrogens with zero attached hydrogens (tertiary/aromatic N) is 1. The van der Waals surface area contributed by atoms with E-state index in [1.54, 1.807) is 13.1 Å². The van der Waals surface area contributed by atoms with Gasteiger partial charge < -0.3 is 9.53 Å². The number of ketones is 1. The second kappa shape index (κ2) is 7.20. The van der Waals surface area contributed by atoms with Crippen molar-refractivity contribution in [2.45, 2.75) is 26.4 Å². The number of carbonyl (C=O) groups excluding carboxylic acids is 1. The number of aromatic nitrogens is 1. The lowest BCUT2D eigenvalue weighted by atomic mass is 10.1. The van der Waals surface area contributed by atoms with Crippen LogP contribution in [-0.2, 0) is 17.8 Å². The summed E-state index contributed by atoms with van der Waals surface area (Å²) in [7, 11) is 0. The molecule has 0 unspecified atom stereocenters. The Hall–Kier alpha value is -1.68. The van der Waals surface area contributed by atoms with E-state index in [2.05, 4.69) is 20.9 Å². The maximum atomic E-state index is 10.9. The lowest BCUT2D eigenvalue weighted by Crippen LogP contribution is -1.98. The van der Waals surface area contributed by atoms with Crippen LogP contribution in [0.4, 0.5) is 0 Å². The Balaban J connectivity index is 1.87. The third-order valence-electron chi connectivity index (χ3n) is 2.86. The Kier molecular flexibility index (Phi) is 5.30. The second-order valence-electron chi connectivity index (χ2n) is 4.60. The number of Topliss-reactive ketones (excluding diaryl/α,β-unsaturated/α-hetero) is 1. The molecule has 0 aliphatic carbocycles. The first-order chi connectivity index (χ1) is 9.63. The molecule has 0 saturated heterocycles. The summed E-state index contributed by atoms with van der Waals surface area (Å²) in [5.74, 6) is 1.02. The summed E-state index contributed by atoms with van der Waals surface area (Å²) in [5, 5.41) is 0. The summed E-state index contributed by atoms with van der Waals surface area (Å²) in [6.45, 7) is 2.06. The quantitative estimate of drug-likeness (QED) is 0.803. The molecule has 0 bridgehead atoms. The Labute approximate surface area is 127 Å². The van der Waals surface area contributed by atoms with Gasteiger partial charge in [-0.05, 0) is 59.1 Å². The summed E-state index contributed by atoms with van der Waals surface area (Å²) >= 11 is 3.35. The number of carbonyl (C=O) groups is 1. The number of hydrogen-bond acceptors (Lipinski definition) is 3. The van der Waals surface area contributed by atoms with Crippen LogP contribution in [0.1, 0.15) is 24.6 Å². The van der Waals surface area contributed by atoms with Gasteiger partial charge in [-0.3, -0.25) is 4.98 Å². The van der Waals surface area contributed by atoms with Crippen molar-refractivity contribution in [3.05, 3.63) is 58.3 Å². The largest absolute Gasteiger partial charge is 0.487 e. The van der Waals surface area contributed by atoms with Crippen molar-refractivity contribution in [2.75, 3.05) is 0 Å². The third kappa shape index (κ3) is 4.78. The molecule has 1 aromatic heterocycles. The zero-order chi connectivity index (χ0) is 14.4. The predicted octanol–water partition coefficient (Wildman–Crippen LogP) is 3.94. The first-order valence-electron chi connectivity index (χ1n) is 6.45. The molecule has 0 amide bonds. The molecule has 0 aliphatic rings. The molecule has 0 spiro atoms. The van der Waals surface area contributed by atoms with Gasteiger partial charge in [0.15, 0.2) is 0 Å². The van der Waals surface area contributed by atoms with E-state index in [0.29, 0.717) is 13.0 Å². The van der Waals surface area contributed by atoms with Gasteiger partial charge in [-0.15, -0.1) is 0 Å². The lowest BCUT2D eigenvalue weighted by Gasteiger charge is -2.07. The summed E-state index contributed by atoms with van der Waals surface area (Å²) < 4.78 is 6.62. The smallest absolute Gasteiger partial charge is 0.130 e. The molecule has 104 valence electrons. The van der Waals surface area contributed by atoms with Gasteiger partial charge in [0, 0.05) is 17.1 Å². The fourth-order valence-electron chi connectivity index (χ4n) is 1.72. The second-order valence-corrected chi connectivity index (χ2v) is 5.52. The Morgan fingerprint density at radius 3 is 2.55 bits per heavy atom. The fraction of sp³-hybridized carbons (Fsp3) is 0.250. The molecule has 0 N–H and O–H groups in total. The van der Waals surface area contributed by atoms with Crippen LogP contribution in [0.25, 0.3) is 0 Å². The van der Waals surface area contributed by atoms with E-state index in [1.165, 1.54) is 0 Å². The molecule has 0 aliphatic heterocycles. The maximum Gasteiger partial charge on any atom is 0.130 e. The van der Waals surface area contributed by atoms with Crippen molar-refractivity contribution in [1.29, 1.82) is 0 Å². The molecule has 4 heteroatoms. The van der Waals surface area contributed by atoms with Gasteiger partial charge in [0.25, 0.3) is 0 Å².